The van der Waals surface area contributed by atoms with E-state index in [1.807, 2.05) is 11.8 Å². The molecule has 3 aliphatic heterocycles. The van der Waals surface area contributed by atoms with E-state index in [-0.39, 0.29) is 101 Å². The maximum absolute atomic E-state index is 14.7. The number of nitrogens with zero attached hydrogens (tertiary/aromatic N) is 4. The molecular weight excluding hydrogens is 1300 g/mol. The summed E-state index contributed by atoms with van der Waals surface area (Å²) in [5.41, 5.74) is 19.9. The molecule has 18 N–H and O–H groups in total. The highest BCUT2D eigenvalue weighted by Gasteiger charge is 2.43. The summed E-state index contributed by atoms with van der Waals surface area (Å²) in [5.74, 6) is -5.32. The molecule has 0 aliphatic carbocycles. The van der Waals surface area contributed by atoms with Gasteiger partial charge in [-0.25, -0.2) is 9.78 Å². The fraction of sp³-hybridized carbons (Fsp3) is 0.591. The SMILES string of the molecule is NCCCC[C@@H]1NC(=O)[C@H](Cc2ccc(O)cc2)NC(=O)[C@H](Cc2ccccc2)NC(=O)[C@@H](N)Cc2cn(nn2)CCCC[C@@H](C(=O)NCCCOCCOCCOCCCNC(=O)CCCCC2SC[C@H]3NC(=O)N[C@@H]23)NC(=O)[C@H](Cc2cnc[nH]2)NC(=O)[C@H](CCC(N)=O)NC1=O. The zero-order valence-corrected chi connectivity index (χ0v) is 56.7. The van der Waals surface area contributed by atoms with Gasteiger partial charge in [0.15, 0.2) is 0 Å². The molecule has 2 saturated heterocycles. The monoisotopic (exact) mass is 1400 g/mol. The molecule has 5 heterocycles. The van der Waals surface area contributed by atoms with Gasteiger partial charge in [-0.3, -0.25) is 47.8 Å². The number of nitrogens with one attached hydrogen (secondary N) is 11. The molecule has 3 aliphatic rings. The Hall–Kier alpha value is -8.76. The van der Waals surface area contributed by atoms with Gasteiger partial charge in [0.05, 0.1) is 56.6 Å². The standard InChI is InChI=1S/C66H98N18O14S/c67-24-8-6-14-49-61(90)76-50(22-23-56(69)86)62(91)79-53(37-44-38-70-41-73-44)65(94)74-48(60(89)72-26-11-29-97-31-33-98-32-30-96-28-10-25-71-57(87)17-5-4-16-55-58-54(40-99-55)80-66(95)81-58)15-7-9-27-84-39-45(82-83-84)36-47(68)59(88)77-51(34-42-12-2-1-3-13-42)64(93)78-52(63(92)75-49)35-43-18-20-46(85)21-19-43/h1-3,12-13,18-21,38-39,41,47-55,58,85H,4-11,14-17,22-37,40,67-68H2,(H2,69,86)(H,70,73)(H,71,87)(H,72,89)(H,74,94)(H,75,92)(H,76,90)(H,77,88)(H,78,93)(H,79,91)(H2,80,81,95)/t47-,48-,49-,50-,51-,52-,53-,54+,55?,58+/m0/s1. The number of fused-ring (bicyclic) bond motifs is 3. The molecule has 0 saturated carbocycles. The molecule has 4 aromatic rings. The third kappa shape index (κ3) is 27.8. The molecular formula is C66H98N18O14S. The Morgan fingerprint density at radius 3 is 1.88 bits per heavy atom. The summed E-state index contributed by atoms with van der Waals surface area (Å²) >= 11 is 1.87. The third-order valence-corrected chi connectivity index (χ3v) is 18.4. The number of hydrogen-bond acceptors (Lipinski definition) is 20. The van der Waals surface area contributed by atoms with E-state index in [1.165, 1.54) is 24.7 Å². The second-order valence-corrected chi connectivity index (χ2v) is 26.1. The predicted octanol–water partition coefficient (Wildman–Crippen LogP) is -1.42. The Morgan fingerprint density at radius 2 is 1.22 bits per heavy atom. The number of urea groups is 1. The number of phenolic OH excluding ortho intramolecular Hbond substituents is 1. The number of carbonyl (C=O) groups is 10. The van der Waals surface area contributed by atoms with Crippen molar-refractivity contribution in [2.75, 3.05) is 65.0 Å². The highest BCUT2D eigenvalue weighted by Crippen LogP contribution is 2.33. The van der Waals surface area contributed by atoms with Crippen molar-refractivity contribution in [3.63, 3.8) is 0 Å². The van der Waals surface area contributed by atoms with Crippen LogP contribution in [0.25, 0.3) is 0 Å². The van der Waals surface area contributed by atoms with Gasteiger partial charge in [-0.15, -0.1) is 5.10 Å². The number of aromatic hydroxyl groups is 1. The van der Waals surface area contributed by atoms with E-state index in [1.54, 1.807) is 53.3 Å². The van der Waals surface area contributed by atoms with Crippen LogP contribution in [-0.2, 0) is 89.6 Å². The zero-order valence-electron chi connectivity index (χ0n) is 55.9. The zero-order chi connectivity index (χ0) is 70.7. The summed E-state index contributed by atoms with van der Waals surface area (Å²) in [6.07, 6.45) is 9.13. The van der Waals surface area contributed by atoms with Crippen LogP contribution >= 0.6 is 11.8 Å². The van der Waals surface area contributed by atoms with Gasteiger partial charge in [-0.2, -0.15) is 11.8 Å². The number of phenols is 1. The molecule has 99 heavy (non-hydrogen) atoms. The molecule has 32 nitrogen and oxygen atoms in total. The third-order valence-electron chi connectivity index (χ3n) is 16.9. The smallest absolute Gasteiger partial charge is 0.315 e. The molecule has 1 unspecified atom stereocenters. The summed E-state index contributed by atoms with van der Waals surface area (Å²) in [6.45, 7) is 3.24. The van der Waals surface area contributed by atoms with Crippen molar-refractivity contribution in [3.8, 4) is 5.75 Å². The lowest BCUT2D eigenvalue weighted by Gasteiger charge is -2.28. The molecule has 0 spiro atoms. The number of nitrogens with two attached hydrogens (primary N) is 3. The first-order valence-corrected chi connectivity index (χ1v) is 35.2. The van der Waals surface area contributed by atoms with Gasteiger partial charge >= 0.3 is 6.03 Å². The first-order chi connectivity index (χ1) is 47.9. The summed E-state index contributed by atoms with van der Waals surface area (Å²) in [6, 6.07) is 5.65. The van der Waals surface area contributed by atoms with Crippen LogP contribution in [0.3, 0.4) is 0 Å². The highest BCUT2D eigenvalue weighted by atomic mass is 32.2. The van der Waals surface area contributed by atoms with Crippen molar-refractivity contribution in [2.45, 2.75) is 182 Å². The topological polar surface area (TPSA) is 476 Å². The molecule has 2 aromatic carbocycles. The van der Waals surface area contributed by atoms with E-state index >= 15 is 0 Å². The number of aromatic amines is 1. The lowest BCUT2D eigenvalue weighted by molar-refractivity contribution is -0.135. The minimum Gasteiger partial charge on any atom is -0.508 e. The molecule has 7 rings (SSSR count). The lowest BCUT2D eigenvalue weighted by atomic mass is 10.0. The summed E-state index contributed by atoms with van der Waals surface area (Å²) in [4.78, 5) is 144. The number of rotatable bonds is 33. The maximum Gasteiger partial charge on any atom is 0.315 e. The minimum absolute atomic E-state index is 0.00935. The number of unbranched alkanes of at least 4 members (excludes halogenated alkanes) is 2. The van der Waals surface area contributed by atoms with Crippen LogP contribution in [0.5, 0.6) is 5.75 Å². The van der Waals surface area contributed by atoms with E-state index in [0.717, 1.165) is 25.0 Å². The lowest BCUT2D eigenvalue weighted by Crippen LogP contribution is -2.60. The Kier molecular flexibility index (Phi) is 33.1. The number of thioether (sulfide) groups is 1. The van der Waals surface area contributed by atoms with Crippen LogP contribution in [0.4, 0.5) is 4.79 Å². The molecule has 0 radical (unpaired) electrons. The maximum atomic E-state index is 14.7. The van der Waals surface area contributed by atoms with Gasteiger partial charge in [0, 0.05) is 100 Å². The van der Waals surface area contributed by atoms with Gasteiger partial charge < -0.3 is 94.7 Å². The van der Waals surface area contributed by atoms with Crippen LogP contribution in [0, 0.1) is 0 Å². The number of ether oxygens (including phenoxy) is 3. The van der Waals surface area contributed by atoms with Gasteiger partial charge in [-0.05, 0) is 100 Å². The molecule has 2 aromatic heterocycles. The van der Waals surface area contributed by atoms with E-state index in [9.17, 15) is 53.1 Å². The van der Waals surface area contributed by atoms with E-state index < -0.39 is 96.0 Å². The highest BCUT2D eigenvalue weighted by molar-refractivity contribution is 8.00. The average molecular weight is 1400 g/mol. The molecule has 542 valence electrons. The summed E-state index contributed by atoms with van der Waals surface area (Å²) < 4.78 is 18.6. The molecule has 10 atom stereocenters. The van der Waals surface area contributed by atoms with Crippen molar-refractivity contribution in [3.05, 3.63) is 95.8 Å². The Balaban J connectivity index is 0.969. The second kappa shape index (κ2) is 42.3. The van der Waals surface area contributed by atoms with Crippen LogP contribution in [0.1, 0.15) is 112 Å². The summed E-state index contributed by atoms with van der Waals surface area (Å²) in [5, 5.41) is 47.2. The van der Waals surface area contributed by atoms with Crippen LogP contribution in [-0.4, -0.2) is 214 Å². The molecule has 11 amide bonds. The Bertz CT molecular complexity index is 3200. The first-order valence-electron chi connectivity index (χ1n) is 34.1. The normalized spacial score (nSPS) is 23.0. The number of aromatic nitrogens is 5. The second-order valence-electron chi connectivity index (χ2n) is 24.8. The Morgan fingerprint density at radius 1 is 0.626 bits per heavy atom. The fourth-order valence-corrected chi connectivity index (χ4v) is 13.0. The van der Waals surface area contributed by atoms with Gasteiger partial charge in [0.1, 0.15) is 42.0 Å². The van der Waals surface area contributed by atoms with E-state index in [2.05, 4.69) is 73.4 Å². The van der Waals surface area contributed by atoms with Crippen molar-refractivity contribution < 1.29 is 67.3 Å². The molecule has 2 bridgehead atoms. The van der Waals surface area contributed by atoms with Crippen molar-refractivity contribution in [1.82, 2.24) is 78.1 Å². The quantitative estimate of drug-likeness (QED) is 0.0192. The van der Waals surface area contributed by atoms with Crippen molar-refractivity contribution in [2.24, 2.45) is 17.2 Å². The Labute approximate surface area is 579 Å². The number of aryl methyl sites for hydroxylation is 1. The molecule has 2 fully saturated rings. The number of imidazole rings is 1. The van der Waals surface area contributed by atoms with Crippen LogP contribution in [0.2, 0.25) is 0 Å². The van der Waals surface area contributed by atoms with Crippen LogP contribution in [0.15, 0.2) is 73.3 Å². The minimum atomic E-state index is -1.53. The number of carbonyl (C=O) groups excluding carboxylic acids is 10. The van der Waals surface area contributed by atoms with Crippen molar-refractivity contribution >= 4 is 71.0 Å². The molecule has 33 heteroatoms. The van der Waals surface area contributed by atoms with E-state index in [4.69, 9.17) is 31.4 Å². The number of hydrogen-bond donors (Lipinski definition) is 15. The van der Waals surface area contributed by atoms with Gasteiger partial charge in [0.25, 0.3) is 0 Å². The van der Waals surface area contributed by atoms with Gasteiger partial charge in [0.2, 0.25) is 53.2 Å². The largest absolute Gasteiger partial charge is 0.508 e. The number of benzene rings is 2. The number of H-pyrrole nitrogens is 1. The van der Waals surface area contributed by atoms with E-state index in [0.29, 0.717) is 112 Å². The average Bonchev–Trinajstić information content (AvgIpc) is 1.71. The predicted molar refractivity (Wildman–Crippen MR) is 364 cm³/mol. The fourth-order valence-electron chi connectivity index (χ4n) is 11.5. The van der Waals surface area contributed by atoms with Crippen molar-refractivity contribution in [1.29, 1.82) is 0 Å². The van der Waals surface area contributed by atoms with Gasteiger partial charge in [-0.1, -0.05) is 54.1 Å². The number of amides is 11. The van der Waals surface area contributed by atoms with Crippen LogP contribution < -0.4 is 70.4 Å². The number of primary amides is 1. The summed E-state index contributed by atoms with van der Waals surface area (Å²) in [7, 11) is 0. The first kappa shape index (κ1) is 77.6.